The third-order valence-electron chi connectivity index (χ3n) is 10.9. The van der Waals surface area contributed by atoms with Crippen molar-refractivity contribution in [1.82, 2.24) is 0 Å². The molecule has 0 amide bonds. The van der Waals surface area contributed by atoms with E-state index < -0.39 is 55.4 Å². The van der Waals surface area contributed by atoms with E-state index in [0.29, 0.717) is 12.8 Å². The Bertz CT molecular complexity index is 1180. The van der Waals surface area contributed by atoms with E-state index in [9.17, 15) is 30.0 Å². The summed E-state index contributed by atoms with van der Waals surface area (Å²) < 4.78 is 22.2. The first-order chi connectivity index (χ1) is 29.8. The molecule has 61 heavy (non-hydrogen) atoms. The fourth-order valence-corrected chi connectivity index (χ4v) is 6.99. The summed E-state index contributed by atoms with van der Waals surface area (Å²) in [5.41, 5.74) is 0. The molecule has 1 rings (SSSR count). The number of hydrogen-bond acceptors (Lipinski definition) is 10. The highest BCUT2D eigenvalue weighted by atomic mass is 16.7. The molecule has 10 heteroatoms. The minimum Gasteiger partial charge on any atom is -0.462 e. The van der Waals surface area contributed by atoms with Gasteiger partial charge in [-0.2, -0.15) is 0 Å². The lowest BCUT2D eigenvalue weighted by Crippen LogP contribution is -2.59. The van der Waals surface area contributed by atoms with Gasteiger partial charge in [-0.15, -0.1) is 0 Å². The van der Waals surface area contributed by atoms with E-state index in [0.717, 1.165) is 70.6 Å². The molecule has 1 fully saturated rings. The summed E-state index contributed by atoms with van der Waals surface area (Å²) in [6.07, 6.45) is 43.6. The van der Waals surface area contributed by atoms with E-state index in [2.05, 4.69) is 74.6 Å². The monoisotopic (exact) mass is 861 g/mol. The molecule has 0 bridgehead atoms. The number of carbonyl (C=O) groups is 2. The van der Waals surface area contributed by atoms with Crippen molar-refractivity contribution < 1.29 is 49.0 Å². The predicted molar refractivity (Wildman–Crippen MR) is 247 cm³/mol. The Morgan fingerprint density at radius 3 is 1.38 bits per heavy atom. The Morgan fingerprint density at radius 1 is 0.508 bits per heavy atom. The first-order valence-electron chi connectivity index (χ1n) is 24.4. The van der Waals surface area contributed by atoms with Crippen LogP contribution in [-0.4, -0.2) is 89.0 Å². The van der Waals surface area contributed by atoms with Gasteiger partial charge in [-0.25, -0.2) is 0 Å². The van der Waals surface area contributed by atoms with E-state index in [1.54, 1.807) is 0 Å². The van der Waals surface area contributed by atoms with Gasteiger partial charge >= 0.3 is 11.9 Å². The summed E-state index contributed by atoms with van der Waals surface area (Å²) >= 11 is 0. The molecule has 1 aliphatic heterocycles. The van der Waals surface area contributed by atoms with Crippen molar-refractivity contribution in [2.24, 2.45) is 0 Å². The lowest BCUT2D eigenvalue weighted by atomic mass is 9.99. The Balaban J connectivity index is 2.32. The standard InChI is InChI=1S/C51H88O10/c1-3-5-7-9-11-13-15-17-19-21-22-24-26-28-30-32-34-36-38-40-47(54)60-44(43-59-51-50(57)49(56)48(55)45(41-52)61-51)42-58-46(53)39-37-35-33-31-29-27-25-23-20-18-16-14-12-10-8-6-4-2/h11-14,17-20,25,27,44-45,48-52,55-57H,3-10,15-16,21-24,26,28-43H2,1-2H3/b13-11+,14-12+,19-17+,20-18+,27-25+/t44-,45-,48+,49?,50?,51-/m1/s1. The maximum Gasteiger partial charge on any atom is 0.306 e. The number of ether oxygens (including phenoxy) is 4. The van der Waals surface area contributed by atoms with Crippen LogP contribution in [0.3, 0.4) is 0 Å². The average molecular weight is 861 g/mol. The van der Waals surface area contributed by atoms with Gasteiger partial charge in [0.1, 0.15) is 31.0 Å². The lowest BCUT2D eigenvalue weighted by Gasteiger charge is -2.39. The molecule has 10 nitrogen and oxygen atoms in total. The second-order valence-corrected chi connectivity index (χ2v) is 16.6. The molecule has 0 aromatic carbocycles. The SMILES string of the molecule is CCCCC/C=C/C/C=C/C/C=C/CCCCCCC(=O)OC[C@H](CO[C@@H]1O[C@H](CO)[C@H](O)C(O)C1O)OC(=O)CCCCCCCCCCC/C=C/C/C=C/CCCCC. The lowest BCUT2D eigenvalue weighted by molar-refractivity contribution is -0.305. The number of hydrogen-bond donors (Lipinski definition) is 4. The van der Waals surface area contributed by atoms with Crippen LogP contribution in [0.5, 0.6) is 0 Å². The number of allylic oxidation sites excluding steroid dienone is 10. The molecule has 6 atom stereocenters. The highest BCUT2D eigenvalue weighted by Crippen LogP contribution is 2.22. The molecule has 0 aromatic rings. The van der Waals surface area contributed by atoms with Crippen LogP contribution in [0.1, 0.15) is 194 Å². The van der Waals surface area contributed by atoms with Crippen LogP contribution >= 0.6 is 0 Å². The van der Waals surface area contributed by atoms with Gasteiger partial charge in [-0.05, 0) is 83.5 Å². The van der Waals surface area contributed by atoms with Crippen molar-refractivity contribution in [2.75, 3.05) is 19.8 Å². The molecule has 0 aliphatic carbocycles. The second-order valence-electron chi connectivity index (χ2n) is 16.6. The van der Waals surface area contributed by atoms with E-state index in [1.807, 2.05) is 0 Å². The fraction of sp³-hybridized carbons (Fsp3) is 0.765. The van der Waals surface area contributed by atoms with Gasteiger partial charge in [0.15, 0.2) is 12.4 Å². The third-order valence-corrected chi connectivity index (χ3v) is 10.9. The van der Waals surface area contributed by atoms with E-state index in [-0.39, 0.29) is 26.1 Å². The summed E-state index contributed by atoms with van der Waals surface area (Å²) in [6, 6.07) is 0. The molecule has 1 aliphatic rings. The Morgan fingerprint density at radius 2 is 0.918 bits per heavy atom. The average Bonchev–Trinajstić information content (AvgIpc) is 3.26. The number of unbranched alkanes of at least 4 members (excludes halogenated alkanes) is 19. The summed E-state index contributed by atoms with van der Waals surface area (Å²) in [7, 11) is 0. The molecule has 1 saturated heterocycles. The fourth-order valence-electron chi connectivity index (χ4n) is 6.99. The van der Waals surface area contributed by atoms with Crippen LogP contribution in [0.25, 0.3) is 0 Å². The predicted octanol–water partition coefficient (Wildman–Crippen LogP) is 11.0. The molecule has 352 valence electrons. The van der Waals surface area contributed by atoms with Crippen LogP contribution in [0.15, 0.2) is 60.8 Å². The van der Waals surface area contributed by atoms with Crippen LogP contribution in [-0.2, 0) is 28.5 Å². The molecule has 0 saturated carbocycles. The van der Waals surface area contributed by atoms with Crippen molar-refractivity contribution in [3.05, 3.63) is 60.8 Å². The van der Waals surface area contributed by atoms with Crippen LogP contribution in [0, 0.1) is 0 Å². The highest BCUT2D eigenvalue weighted by molar-refractivity contribution is 5.70. The Kier molecular flexibility index (Phi) is 38.3. The minimum atomic E-state index is -1.60. The molecular formula is C51H88O10. The van der Waals surface area contributed by atoms with Gasteiger partial charge in [0.25, 0.3) is 0 Å². The zero-order valence-corrected chi connectivity index (χ0v) is 38.4. The quantitative estimate of drug-likeness (QED) is 0.0266. The summed E-state index contributed by atoms with van der Waals surface area (Å²) in [5.74, 6) is -0.837. The van der Waals surface area contributed by atoms with Crippen LogP contribution in [0.4, 0.5) is 0 Å². The summed E-state index contributed by atoms with van der Waals surface area (Å²) in [6.45, 7) is 3.35. The zero-order valence-electron chi connectivity index (χ0n) is 38.4. The van der Waals surface area contributed by atoms with Gasteiger partial charge in [0.2, 0.25) is 0 Å². The number of aliphatic hydroxyl groups excluding tert-OH is 4. The molecule has 2 unspecified atom stereocenters. The molecule has 0 aromatic heterocycles. The van der Waals surface area contributed by atoms with Gasteiger partial charge < -0.3 is 39.4 Å². The Hall–Kier alpha value is -2.60. The number of esters is 2. The van der Waals surface area contributed by atoms with Crippen LogP contribution in [0.2, 0.25) is 0 Å². The Labute approximate surface area is 370 Å². The number of aliphatic hydroxyl groups is 4. The first-order valence-corrected chi connectivity index (χ1v) is 24.4. The van der Waals surface area contributed by atoms with E-state index >= 15 is 0 Å². The number of carbonyl (C=O) groups excluding carboxylic acids is 2. The molecule has 0 spiro atoms. The van der Waals surface area contributed by atoms with E-state index in [1.165, 1.54) is 83.5 Å². The van der Waals surface area contributed by atoms with Gasteiger partial charge in [-0.1, -0.05) is 158 Å². The molecule has 0 radical (unpaired) electrons. The van der Waals surface area contributed by atoms with Gasteiger partial charge in [-0.3, -0.25) is 9.59 Å². The normalized spacial score (nSPS) is 20.3. The van der Waals surface area contributed by atoms with Crippen molar-refractivity contribution >= 4 is 11.9 Å². The van der Waals surface area contributed by atoms with Crippen molar-refractivity contribution in [3.63, 3.8) is 0 Å². The topological polar surface area (TPSA) is 152 Å². The largest absolute Gasteiger partial charge is 0.462 e. The first kappa shape index (κ1) is 56.4. The molecular weight excluding hydrogens is 773 g/mol. The van der Waals surface area contributed by atoms with E-state index in [4.69, 9.17) is 18.9 Å². The highest BCUT2D eigenvalue weighted by Gasteiger charge is 2.44. The molecule has 1 heterocycles. The van der Waals surface area contributed by atoms with Crippen molar-refractivity contribution in [2.45, 2.75) is 230 Å². The third kappa shape index (κ3) is 32.7. The van der Waals surface area contributed by atoms with Crippen molar-refractivity contribution in [3.8, 4) is 0 Å². The van der Waals surface area contributed by atoms with Gasteiger partial charge in [0.05, 0.1) is 13.2 Å². The second kappa shape index (κ2) is 41.4. The smallest absolute Gasteiger partial charge is 0.306 e. The zero-order chi connectivity index (χ0) is 44.4. The van der Waals surface area contributed by atoms with Crippen LogP contribution < -0.4 is 0 Å². The summed E-state index contributed by atoms with van der Waals surface area (Å²) in [5, 5.41) is 40.2. The van der Waals surface area contributed by atoms with Crippen molar-refractivity contribution in [1.29, 1.82) is 0 Å². The maximum atomic E-state index is 12.8. The summed E-state index contributed by atoms with van der Waals surface area (Å²) in [4.78, 5) is 25.4. The van der Waals surface area contributed by atoms with Gasteiger partial charge in [0, 0.05) is 12.8 Å². The number of rotatable bonds is 40. The molecule has 4 N–H and O–H groups in total. The minimum absolute atomic E-state index is 0.218. The maximum absolute atomic E-state index is 12.8.